The molecule has 17 heavy (non-hydrogen) atoms. The van der Waals surface area contributed by atoms with Crippen molar-refractivity contribution in [2.45, 2.75) is 32.1 Å². The maximum absolute atomic E-state index is 11.3. The summed E-state index contributed by atoms with van der Waals surface area (Å²) in [6.45, 7) is 1.50. The Morgan fingerprint density at radius 2 is 2.29 bits per heavy atom. The number of hydrogen-bond donors (Lipinski definition) is 0. The van der Waals surface area contributed by atoms with E-state index in [0.717, 1.165) is 0 Å². The van der Waals surface area contributed by atoms with Gasteiger partial charge >= 0.3 is 0 Å². The van der Waals surface area contributed by atoms with Crippen LogP contribution in [0, 0.1) is 0 Å². The lowest BCUT2D eigenvalue weighted by molar-refractivity contribution is -0.117. The summed E-state index contributed by atoms with van der Waals surface area (Å²) >= 11 is 0. The van der Waals surface area contributed by atoms with Gasteiger partial charge in [-0.3, -0.25) is 0 Å². The van der Waals surface area contributed by atoms with Gasteiger partial charge in [0.05, 0.1) is 11.5 Å². The van der Waals surface area contributed by atoms with Crippen LogP contribution in [-0.4, -0.2) is 35.8 Å². The lowest BCUT2D eigenvalue weighted by Crippen LogP contribution is -2.05. The standard InChI is InChI=1S/C10H14N2O4S/c1-7(13)2-3-9-11-10(12-16-9)8-4-5-17(14,15)6-8/h8H,2-6H2,1H3. The van der Waals surface area contributed by atoms with E-state index in [2.05, 4.69) is 10.1 Å². The Bertz CT molecular complexity index is 520. The predicted molar refractivity (Wildman–Crippen MR) is 59.3 cm³/mol. The highest BCUT2D eigenvalue weighted by molar-refractivity contribution is 7.91. The lowest BCUT2D eigenvalue weighted by atomic mass is 10.1. The molecule has 1 aliphatic heterocycles. The number of sulfone groups is 1. The Hall–Kier alpha value is -1.24. The van der Waals surface area contributed by atoms with Crippen molar-refractivity contribution in [2.24, 2.45) is 0 Å². The summed E-state index contributed by atoms with van der Waals surface area (Å²) < 4.78 is 27.6. The van der Waals surface area contributed by atoms with Crippen molar-refractivity contribution < 1.29 is 17.7 Å². The van der Waals surface area contributed by atoms with Crippen LogP contribution in [0.2, 0.25) is 0 Å². The average Bonchev–Trinajstić information content (AvgIpc) is 2.81. The topological polar surface area (TPSA) is 90.1 Å². The molecule has 1 aliphatic rings. The third-order valence-electron chi connectivity index (χ3n) is 2.77. The maximum atomic E-state index is 11.3. The lowest BCUT2D eigenvalue weighted by Gasteiger charge is -1.98. The number of aromatic nitrogens is 2. The zero-order valence-corrected chi connectivity index (χ0v) is 10.4. The molecule has 0 bridgehead atoms. The normalized spacial score (nSPS) is 22.8. The second kappa shape index (κ2) is 4.56. The van der Waals surface area contributed by atoms with E-state index < -0.39 is 9.84 Å². The molecule has 0 amide bonds. The molecule has 0 saturated carbocycles. The minimum Gasteiger partial charge on any atom is -0.339 e. The van der Waals surface area contributed by atoms with Crippen LogP contribution in [-0.2, 0) is 21.1 Å². The van der Waals surface area contributed by atoms with Crippen molar-refractivity contribution in [2.75, 3.05) is 11.5 Å². The number of aryl methyl sites for hydroxylation is 1. The van der Waals surface area contributed by atoms with E-state index in [1.165, 1.54) is 6.92 Å². The molecule has 2 rings (SSSR count). The molecule has 0 spiro atoms. The van der Waals surface area contributed by atoms with Crippen LogP contribution in [0.5, 0.6) is 0 Å². The molecule has 2 heterocycles. The van der Waals surface area contributed by atoms with Gasteiger partial charge in [-0.05, 0) is 13.3 Å². The van der Waals surface area contributed by atoms with Crippen LogP contribution in [0.3, 0.4) is 0 Å². The molecule has 1 atom stereocenters. The maximum Gasteiger partial charge on any atom is 0.227 e. The summed E-state index contributed by atoms with van der Waals surface area (Å²) in [7, 11) is -2.94. The van der Waals surface area contributed by atoms with Crippen molar-refractivity contribution in [1.82, 2.24) is 10.1 Å². The molecule has 1 aromatic heterocycles. The van der Waals surface area contributed by atoms with Crippen LogP contribution in [0.4, 0.5) is 0 Å². The van der Waals surface area contributed by atoms with Crippen LogP contribution in [0.15, 0.2) is 4.52 Å². The summed E-state index contributed by atoms with van der Waals surface area (Å²) in [4.78, 5) is 14.9. The van der Waals surface area contributed by atoms with Gasteiger partial charge in [-0.25, -0.2) is 8.42 Å². The van der Waals surface area contributed by atoms with Crippen molar-refractivity contribution in [3.8, 4) is 0 Å². The van der Waals surface area contributed by atoms with Gasteiger partial charge in [-0.1, -0.05) is 5.16 Å². The minimum absolute atomic E-state index is 0.0631. The highest BCUT2D eigenvalue weighted by Gasteiger charge is 2.32. The second-order valence-electron chi connectivity index (χ2n) is 4.35. The fourth-order valence-corrected chi connectivity index (χ4v) is 3.56. The average molecular weight is 258 g/mol. The third-order valence-corrected chi connectivity index (χ3v) is 4.54. The van der Waals surface area contributed by atoms with Gasteiger partial charge in [0.1, 0.15) is 5.78 Å². The Kier molecular flexibility index (Phi) is 3.28. The first kappa shape index (κ1) is 12.2. The molecule has 94 valence electrons. The van der Waals surface area contributed by atoms with Gasteiger partial charge in [-0.2, -0.15) is 4.98 Å². The number of Topliss-reactive ketones (excluding diaryl/α,β-unsaturated/α-hetero) is 1. The van der Waals surface area contributed by atoms with Crippen molar-refractivity contribution >= 4 is 15.6 Å². The quantitative estimate of drug-likeness (QED) is 0.780. The first-order valence-electron chi connectivity index (χ1n) is 5.48. The van der Waals surface area contributed by atoms with Crippen LogP contribution < -0.4 is 0 Å². The zero-order valence-electron chi connectivity index (χ0n) is 9.55. The molecule has 1 aromatic rings. The molecule has 1 saturated heterocycles. The van der Waals surface area contributed by atoms with E-state index in [1.54, 1.807) is 0 Å². The van der Waals surface area contributed by atoms with Gasteiger partial charge in [0.15, 0.2) is 15.7 Å². The minimum atomic E-state index is -2.94. The van der Waals surface area contributed by atoms with Gasteiger partial charge in [0, 0.05) is 18.8 Å². The Morgan fingerprint density at radius 1 is 1.53 bits per heavy atom. The Morgan fingerprint density at radius 3 is 2.88 bits per heavy atom. The fourth-order valence-electron chi connectivity index (χ4n) is 1.82. The van der Waals surface area contributed by atoms with E-state index in [9.17, 15) is 13.2 Å². The van der Waals surface area contributed by atoms with E-state index in [1.807, 2.05) is 0 Å². The Labute approximate surface area is 99.3 Å². The van der Waals surface area contributed by atoms with Crippen LogP contribution in [0.1, 0.15) is 37.4 Å². The van der Waals surface area contributed by atoms with Gasteiger partial charge < -0.3 is 9.32 Å². The SMILES string of the molecule is CC(=O)CCc1nc(C2CCS(=O)(=O)C2)no1. The number of nitrogens with zero attached hydrogens (tertiary/aromatic N) is 2. The monoisotopic (exact) mass is 258 g/mol. The van der Waals surface area contributed by atoms with Crippen molar-refractivity contribution in [1.29, 1.82) is 0 Å². The van der Waals surface area contributed by atoms with E-state index in [0.29, 0.717) is 31.0 Å². The largest absolute Gasteiger partial charge is 0.339 e. The molecule has 7 heteroatoms. The summed E-state index contributed by atoms with van der Waals surface area (Å²) in [5.41, 5.74) is 0. The predicted octanol–water partition coefficient (Wildman–Crippen LogP) is 0.493. The number of ketones is 1. The van der Waals surface area contributed by atoms with Crippen LogP contribution >= 0.6 is 0 Å². The number of rotatable bonds is 4. The summed E-state index contributed by atoms with van der Waals surface area (Å²) in [6, 6.07) is 0. The highest BCUT2D eigenvalue weighted by atomic mass is 32.2. The van der Waals surface area contributed by atoms with Gasteiger partial charge in [-0.15, -0.1) is 0 Å². The summed E-state index contributed by atoms with van der Waals surface area (Å²) in [5, 5.41) is 3.78. The number of hydrogen-bond acceptors (Lipinski definition) is 6. The molecular weight excluding hydrogens is 244 g/mol. The fraction of sp³-hybridized carbons (Fsp3) is 0.700. The van der Waals surface area contributed by atoms with E-state index >= 15 is 0 Å². The second-order valence-corrected chi connectivity index (χ2v) is 6.58. The van der Waals surface area contributed by atoms with Gasteiger partial charge in [0.25, 0.3) is 0 Å². The van der Waals surface area contributed by atoms with Crippen LogP contribution in [0.25, 0.3) is 0 Å². The van der Waals surface area contributed by atoms with Crippen molar-refractivity contribution in [3.05, 3.63) is 11.7 Å². The zero-order chi connectivity index (χ0) is 12.5. The number of carbonyl (C=O) groups is 1. The third kappa shape index (κ3) is 3.12. The number of carbonyl (C=O) groups excluding carboxylic acids is 1. The first-order chi connectivity index (χ1) is 7.96. The molecule has 6 nitrogen and oxygen atoms in total. The molecule has 1 unspecified atom stereocenters. The molecule has 0 aromatic carbocycles. The smallest absolute Gasteiger partial charge is 0.227 e. The molecule has 0 aliphatic carbocycles. The highest BCUT2D eigenvalue weighted by Crippen LogP contribution is 2.26. The van der Waals surface area contributed by atoms with Gasteiger partial charge in [0.2, 0.25) is 5.89 Å². The van der Waals surface area contributed by atoms with E-state index in [4.69, 9.17) is 4.52 Å². The summed E-state index contributed by atoms with van der Waals surface area (Å²) in [6.07, 6.45) is 1.33. The molecular formula is C10H14N2O4S. The summed E-state index contributed by atoms with van der Waals surface area (Å²) in [5.74, 6) is 1.04. The Balaban J connectivity index is 2.01. The van der Waals surface area contributed by atoms with Crippen molar-refractivity contribution in [3.63, 3.8) is 0 Å². The van der Waals surface area contributed by atoms with E-state index in [-0.39, 0.29) is 23.2 Å². The molecule has 1 fully saturated rings. The first-order valence-corrected chi connectivity index (χ1v) is 7.31. The molecule has 0 N–H and O–H groups in total. The molecule has 0 radical (unpaired) electrons.